The zero-order valence-electron chi connectivity index (χ0n) is 14.0. The van der Waals surface area contributed by atoms with Crippen LogP contribution in [0.2, 0.25) is 0 Å². The molecule has 1 aliphatic carbocycles. The Labute approximate surface area is 154 Å². The molecule has 2 fully saturated rings. The molecule has 0 radical (unpaired) electrons. The highest BCUT2D eigenvalue weighted by Crippen LogP contribution is 2.50. The Morgan fingerprint density at radius 1 is 0.962 bits per heavy atom. The van der Waals surface area contributed by atoms with Crippen LogP contribution in [-0.2, 0) is 4.79 Å². The molecule has 26 heavy (non-hydrogen) atoms. The number of carbonyl (C=O) groups is 2. The summed E-state index contributed by atoms with van der Waals surface area (Å²) in [6.07, 6.45) is 0.874. The van der Waals surface area contributed by atoms with E-state index in [9.17, 15) is 18.4 Å². The lowest BCUT2D eigenvalue weighted by molar-refractivity contribution is -0.134. The lowest BCUT2D eigenvalue weighted by Crippen LogP contribution is -2.51. The maximum Gasteiger partial charge on any atom is 0.259 e. The van der Waals surface area contributed by atoms with Gasteiger partial charge in [-0.3, -0.25) is 9.59 Å². The topological polar surface area (TPSA) is 40.6 Å². The molecule has 2 atom stereocenters. The van der Waals surface area contributed by atoms with Crippen molar-refractivity contribution in [2.45, 2.75) is 12.3 Å². The van der Waals surface area contributed by atoms with Crippen molar-refractivity contribution in [3.05, 3.63) is 57.8 Å². The average Bonchev–Trinajstić information content (AvgIpc) is 3.25. The highest BCUT2D eigenvalue weighted by molar-refractivity contribution is 7.10. The molecule has 7 heteroatoms. The smallest absolute Gasteiger partial charge is 0.259 e. The van der Waals surface area contributed by atoms with E-state index in [0.29, 0.717) is 19.0 Å². The van der Waals surface area contributed by atoms with Crippen LogP contribution in [0.3, 0.4) is 0 Å². The summed E-state index contributed by atoms with van der Waals surface area (Å²) in [4.78, 5) is 29.5. The van der Waals surface area contributed by atoms with Crippen molar-refractivity contribution in [1.29, 1.82) is 0 Å². The number of hydrogen-bond donors (Lipinski definition) is 0. The number of benzene rings is 1. The first-order valence-electron chi connectivity index (χ1n) is 8.61. The zero-order valence-corrected chi connectivity index (χ0v) is 14.8. The van der Waals surface area contributed by atoms with Gasteiger partial charge in [-0.2, -0.15) is 0 Å². The number of rotatable bonds is 3. The summed E-state index contributed by atoms with van der Waals surface area (Å²) >= 11 is 1.67. The predicted molar refractivity (Wildman–Crippen MR) is 94.0 cm³/mol. The van der Waals surface area contributed by atoms with Gasteiger partial charge in [0.2, 0.25) is 5.91 Å². The van der Waals surface area contributed by atoms with Crippen molar-refractivity contribution in [1.82, 2.24) is 9.80 Å². The van der Waals surface area contributed by atoms with Gasteiger partial charge in [0.1, 0.15) is 17.2 Å². The van der Waals surface area contributed by atoms with Crippen LogP contribution in [-0.4, -0.2) is 47.8 Å². The van der Waals surface area contributed by atoms with E-state index in [1.165, 1.54) is 15.8 Å². The fourth-order valence-electron chi connectivity index (χ4n) is 3.51. The molecule has 1 saturated heterocycles. The molecule has 136 valence electrons. The van der Waals surface area contributed by atoms with E-state index in [2.05, 4.69) is 6.07 Å². The van der Waals surface area contributed by atoms with Gasteiger partial charge in [-0.05, 0) is 30.0 Å². The molecule has 2 heterocycles. The van der Waals surface area contributed by atoms with Crippen LogP contribution in [0.5, 0.6) is 0 Å². The van der Waals surface area contributed by atoms with Gasteiger partial charge in [0.15, 0.2) is 0 Å². The first-order chi connectivity index (χ1) is 12.6. The molecule has 2 aliphatic rings. The number of hydrogen-bond acceptors (Lipinski definition) is 3. The van der Waals surface area contributed by atoms with Crippen LogP contribution >= 0.6 is 11.3 Å². The minimum Gasteiger partial charge on any atom is -0.339 e. The van der Waals surface area contributed by atoms with Crippen LogP contribution in [0.25, 0.3) is 0 Å². The van der Waals surface area contributed by atoms with Crippen molar-refractivity contribution in [3.8, 4) is 0 Å². The minimum atomic E-state index is -0.856. The standard InChI is InChI=1S/C19H18F2N2O2S/c20-14-3-1-4-15(21)17(14)19(25)23-8-6-22(7-9-23)18(24)13-11-12(13)16-5-2-10-26-16/h1-5,10,12-13H,6-9,11H2. The lowest BCUT2D eigenvalue weighted by atomic mass is 10.1. The molecule has 0 bridgehead atoms. The van der Waals surface area contributed by atoms with Crippen molar-refractivity contribution in [2.75, 3.05) is 26.2 Å². The molecular formula is C19H18F2N2O2S. The van der Waals surface area contributed by atoms with Gasteiger partial charge in [-0.15, -0.1) is 11.3 Å². The Hall–Kier alpha value is -2.28. The SMILES string of the molecule is O=C(c1c(F)cccc1F)N1CCN(C(=O)C2CC2c2cccs2)CC1. The molecule has 2 amide bonds. The van der Waals surface area contributed by atoms with Crippen molar-refractivity contribution >= 4 is 23.2 Å². The molecule has 1 saturated carbocycles. The summed E-state index contributed by atoms with van der Waals surface area (Å²) in [6, 6.07) is 7.44. The Bertz CT molecular complexity index is 812. The van der Waals surface area contributed by atoms with Gasteiger partial charge in [0.25, 0.3) is 5.91 Å². The van der Waals surface area contributed by atoms with Gasteiger partial charge in [-0.1, -0.05) is 12.1 Å². The summed E-state index contributed by atoms with van der Waals surface area (Å²) in [5.41, 5.74) is -0.521. The summed E-state index contributed by atoms with van der Waals surface area (Å²) in [6.45, 7) is 1.37. The van der Waals surface area contributed by atoms with Crippen LogP contribution in [0.1, 0.15) is 27.6 Å². The summed E-state index contributed by atoms with van der Waals surface area (Å²) in [5, 5.41) is 2.02. The highest BCUT2D eigenvalue weighted by Gasteiger charge is 2.46. The fraction of sp³-hybridized carbons (Fsp3) is 0.368. The normalized spacial score (nSPS) is 22.4. The van der Waals surface area contributed by atoms with Gasteiger partial charge < -0.3 is 9.80 Å². The molecular weight excluding hydrogens is 358 g/mol. The van der Waals surface area contributed by atoms with Crippen LogP contribution in [0.4, 0.5) is 8.78 Å². The fourth-order valence-corrected chi connectivity index (χ4v) is 4.42. The molecule has 1 aromatic heterocycles. The van der Waals surface area contributed by atoms with Crippen LogP contribution < -0.4 is 0 Å². The number of amides is 2. The Kier molecular flexibility index (Phi) is 4.48. The van der Waals surface area contributed by atoms with Gasteiger partial charge >= 0.3 is 0 Å². The summed E-state index contributed by atoms with van der Waals surface area (Å²) in [5.74, 6) is -1.91. The summed E-state index contributed by atoms with van der Waals surface area (Å²) < 4.78 is 27.6. The second-order valence-corrected chi connectivity index (χ2v) is 7.66. The third-order valence-corrected chi connectivity index (χ3v) is 6.08. The maximum absolute atomic E-state index is 13.8. The molecule has 1 aliphatic heterocycles. The van der Waals surface area contributed by atoms with Gasteiger partial charge in [0, 0.05) is 42.9 Å². The van der Waals surface area contributed by atoms with Gasteiger partial charge in [0.05, 0.1) is 0 Å². The zero-order chi connectivity index (χ0) is 18.3. The largest absolute Gasteiger partial charge is 0.339 e. The van der Waals surface area contributed by atoms with E-state index in [1.54, 1.807) is 16.2 Å². The summed E-state index contributed by atoms with van der Waals surface area (Å²) in [7, 11) is 0. The number of thiophene rings is 1. The number of nitrogens with zero attached hydrogens (tertiary/aromatic N) is 2. The van der Waals surface area contributed by atoms with E-state index in [1.807, 2.05) is 11.4 Å². The highest BCUT2D eigenvalue weighted by atomic mass is 32.1. The Balaban J connectivity index is 1.36. The Morgan fingerprint density at radius 3 is 2.23 bits per heavy atom. The first-order valence-corrected chi connectivity index (χ1v) is 9.49. The molecule has 4 rings (SSSR count). The molecule has 4 nitrogen and oxygen atoms in total. The lowest BCUT2D eigenvalue weighted by Gasteiger charge is -2.35. The van der Waals surface area contributed by atoms with E-state index < -0.39 is 23.1 Å². The van der Waals surface area contributed by atoms with Crippen molar-refractivity contribution < 1.29 is 18.4 Å². The number of halogens is 2. The van der Waals surface area contributed by atoms with Gasteiger partial charge in [-0.25, -0.2) is 8.78 Å². The van der Waals surface area contributed by atoms with E-state index >= 15 is 0 Å². The average molecular weight is 376 g/mol. The first kappa shape index (κ1) is 17.1. The molecule has 2 unspecified atom stereocenters. The molecule has 0 N–H and O–H groups in total. The van der Waals surface area contributed by atoms with E-state index in [4.69, 9.17) is 0 Å². The Morgan fingerprint density at radius 2 is 1.62 bits per heavy atom. The second kappa shape index (κ2) is 6.79. The minimum absolute atomic E-state index is 0.0277. The quantitative estimate of drug-likeness (QED) is 0.826. The second-order valence-electron chi connectivity index (χ2n) is 6.68. The number of piperazine rings is 1. The van der Waals surface area contributed by atoms with Crippen molar-refractivity contribution in [3.63, 3.8) is 0 Å². The van der Waals surface area contributed by atoms with E-state index in [0.717, 1.165) is 18.6 Å². The third-order valence-electron chi connectivity index (χ3n) is 5.07. The monoisotopic (exact) mass is 376 g/mol. The third kappa shape index (κ3) is 3.11. The molecule has 1 aromatic carbocycles. The number of carbonyl (C=O) groups excluding carboxylic acids is 2. The maximum atomic E-state index is 13.8. The molecule has 0 spiro atoms. The van der Waals surface area contributed by atoms with Crippen molar-refractivity contribution in [2.24, 2.45) is 5.92 Å². The predicted octanol–water partition coefficient (Wildman–Crippen LogP) is 3.11. The molecule has 2 aromatic rings. The van der Waals surface area contributed by atoms with Crippen LogP contribution in [0.15, 0.2) is 35.7 Å². The van der Waals surface area contributed by atoms with E-state index in [-0.39, 0.29) is 24.9 Å². The van der Waals surface area contributed by atoms with Crippen LogP contribution in [0, 0.1) is 17.6 Å².